The van der Waals surface area contributed by atoms with Crippen LogP contribution in [0.1, 0.15) is 43.6 Å². The smallest absolute Gasteiger partial charge is 0.404 e. The number of nitrogens with one attached hydrogen (secondary N) is 1. The molecule has 0 spiro atoms. The number of pyridine rings is 1. The molecule has 2 aromatic heterocycles. The third-order valence-corrected chi connectivity index (χ3v) is 7.13. The van der Waals surface area contributed by atoms with Crippen molar-refractivity contribution in [1.29, 1.82) is 0 Å². The van der Waals surface area contributed by atoms with Crippen LogP contribution in [0.4, 0.5) is 9.18 Å². The van der Waals surface area contributed by atoms with E-state index in [0.717, 1.165) is 3.97 Å². The number of rotatable bonds is 7. The molecule has 1 aromatic carbocycles. The van der Waals surface area contributed by atoms with Crippen molar-refractivity contribution in [1.82, 2.24) is 14.3 Å². The van der Waals surface area contributed by atoms with E-state index < -0.39 is 39.2 Å². The van der Waals surface area contributed by atoms with Crippen molar-refractivity contribution in [2.45, 2.75) is 45.1 Å². The van der Waals surface area contributed by atoms with Crippen LogP contribution >= 0.6 is 0 Å². The van der Waals surface area contributed by atoms with Gasteiger partial charge in [0.1, 0.15) is 10.7 Å². The van der Waals surface area contributed by atoms with Crippen molar-refractivity contribution in [3.05, 3.63) is 71.9 Å². The van der Waals surface area contributed by atoms with Crippen molar-refractivity contribution < 1.29 is 27.5 Å². The highest BCUT2D eigenvalue weighted by Crippen LogP contribution is 2.32. The lowest BCUT2D eigenvalue weighted by atomic mass is 9.83. The molecule has 1 amide bonds. The van der Waals surface area contributed by atoms with E-state index in [0.29, 0.717) is 5.56 Å². The monoisotopic (exact) mass is 487 g/mol. The number of carbonyl (C=O) groups excluding carboxylic acids is 1. The Morgan fingerprint density at radius 1 is 1.21 bits per heavy atom. The van der Waals surface area contributed by atoms with Crippen molar-refractivity contribution in [2.24, 2.45) is 5.41 Å². The van der Waals surface area contributed by atoms with Gasteiger partial charge in [-0.1, -0.05) is 26.8 Å². The van der Waals surface area contributed by atoms with E-state index in [4.69, 9.17) is 0 Å². The molecule has 34 heavy (non-hydrogen) atoms. The first-order valence-corrected chi connectivity index (χ1v) is 11.9. The Morgan fingerprint density at radius 2 is 1.91 bits per heavy atom. The van der Waals surface area contributed by atoms with Crippen LogP contribution in [-0.4, -0.2) is 40.4 Å². The fourth-order valence-corrected chi connectivity index (χ4v) is 4.93. The molecule has 0 aliphatic rings. The number of carboxylic acid groups (broad SMARTS) is 1. The summed E-state index contributed by atoms with van der Waals surface area (Å²) in [5.41, 5.74) is -0.218. The highest BCUT2D eigenvalue weighted by molar-refractivity contribution is 7.90. The van der Waals surface area contributed by atoms with E-state index in [1.54, 1.807) is 0 Å². The van der Waals surface area contributed by atoms with Crippen LogP contribution in [0.2, 0.25) is 0 Å². The van der Waals surface area contributed by atoms with Crippen molar-refractivity contribution in [3.63, 3.8) is 0 Å². The van der Waals surface area contributed by atoms with Crippen LogP contribution in [0.25, 0.3) is 11.3 Å². The second-order valence-electron chi connectivity index (χ2n) is 9.02. The molecule has 1 atom stereocenters. The van der Waals surface area contributed by atoms with Gasteiger partial charge in [-0.2, -0.15) is 0 Å². The Balaban J connectivity index is 2.23. The molecule has 0 bridgehead atoms. The molecule has 3 aromatic rings. The van der Waals surface area contributed by atoms with E-state index in [9.17, 15) is 23.1 Å². The predicted octanol–water partition coefficient (Wildman–Crippen LogP) is 4.35. The number of ketones is 1. The zero-order valence-electron chi connectivity index (χ0n) is 19.2. The summed E-state index contributed by atoms with van der Waals surface area (Å²) in [6, 6.07) is 8.00. The minimum atomic E-state index is -4.18. The average Bonchev–Trinajstić information content (AvgIpc) is 3.17. The largest absolute Gasteiger partial charge is 0.465 e. The van der Waals surface area contributed by atoms with Crippen molar-refractivity contribution in [3.8, 4) is 11.3 Å². The van der Waals surface area contributed by atoms with Crippen LogP contribution in [0, 0.1) is 11.2 Å². The molecule has 0 saturated heterocycles. The van der Waals surface area contributed by atoms with E-state index in [2.05, 4.69) is 10.3 Å². The quantitative estimate of drug-likeness (QED) is 0.478. The molecule has 0 aliphatic carbocycles. The van der Waals surface area contributed by atoms with Gasteiger partial charge in [0.25, 0.3) is 10.0 Å². The lowest BCUT2D eigenvalue weighted by Gasteiger charge is -2.30. The lowest BCUT2D eigenvalue weighted by molar-refractivity contribution is 0.101. The second kappa shape index (κ2) is 9.38. The molecule has 0 aliphatic heterocycles. The number of nitrogens with zero attached hydrogens (tertiary/aromatic N) is 2. The maximum atomic E-state index is 15.3. The molecule has 2 heterocycles. The first-order chi connectivity index (χ1) is 15.8. The first-order valence-electron chi connectivity index (χ1n) is 10.5. The van der Waals surface area contributed by atoms with Gasteiger partial charge in [-0.25, -0.2) is 21.6 Å². The van der Waals surface area contributed by atoms with Crippen molar-refractivity contribution in [2.75, 3.05) is 0 Å². The number of amides is 1. The summed E-state index contributed by atoms with van der Waals surface area (Å²) < 4.78 is 43.1. The Morgan fingerprint density at radius 3 is 2.47 bits per heavy atom. The average molecular weight is 488 g/mol. The Bertz CT molecular complexity index is 1330. The summed E-state index contributed by atoms with van der Waals surface area (Å²) in [5.74, 6) is -1.33. The summed E-state index contributed by atoms with van der Waals surface area (Å²) in [4.78, 5) is 27.0. The van der Waals surface area contributed by atoms with Gasteiger partial charge >= 0.3 is 6.09 Å². The molecule has 0 fully saturated rings. The Hall–Kier alpha value is -3.53. The van der Waals surface area contributed by atoms with Gasteiger partial charge in [-0.15, -0.1) is 0 Å². The normalized spacial score (nSPS) is 12.9. The van der Waals surface area contributed by atoms with Gasteiger partial charge < -0.3 is 10.4 Å². The van der Waals surface area contributed by atoms with Crippen LogP contribution in [0.3, 0.4) is 0 Å². The summed E-state index contributed by atoms with van der Waals surface area (Å²) in [6.07, 6.45) is 2.92. The van der Waals surface area contributed by atoms with E-state index in [1.165, 1.54) is 61.9 Å². The molecule has 8 nitrogen and oxygen atoms in total. The maximum absolute atomic E-state index is 15.3. The Kier molecular flexibility index (Phi) is 6.92. The fraction of sp³-hybridized carbons (Fsp3) is 0.292. The lowest BCUT2D eigenvalue weighted by Crippen LogP contribution is -2.44. The van der Waals surface area contributed by atoms with E-state index >= 15 is 4.39 Å². The molecule has 2 N–H and O–H groups in total. The molecule has 0 saturated carbocycles. The molecule has 180 valence electrons. The van der Waals surface area contributed by atoms with Gasteiger partial charge in [-0.05, 0) is 54.7 Å². The molecular formula is C24H26FN3O5S. The molecule has 3 rings (SSSR count). The van der Waals surface area contributed by atoms with Gasteiger partial charge in [0, 0.05) is 30.2 Å². The van der Waals surface area contributed by atoms with E-state index in [-0.39, 0.29) is 28.1 Å². The number of halogens is 1. The van der Waals surface area contributed by atoms with Crippen LogP contribution in [-0.2, 0) is 16.4 Å². The first kappa shape index (κ1) is 25.1. The summed E-state index contributed by atoms with van der Waals surface area (Å²) >= 11 is 0. The summed E-state index contributed by atoms with van der Waals surface area (Å²) in [6.45, 7) is 6.79. The standard InChI is InChI=1S/C24H26FN3O5S/c1-15(29)18-8-5-9-19(22(18)25)20-11-16(12-21(24(2,3)4)27-23(30)31)14-28(20)34(32,33)17-7-6-10-26-13-17/h5-11,13-14,21,27H,12H2,1-4H3,(H,30,31). The minimum Gasteiger partial charge on any atom is -0.465 e. The van der Waals surface area contributed by atoms with Crippen LogP contribution < -0.4 is 5.32 Å². The van der Waals surface area contributed by atoms with Crippen molar-refractivity contribution >= 4 is 21.9 Å². The number of aromatic nitrogens is 2. The maximum Gasteiger partial charge on any atom is 0.404 e. The highest BCUT2D eigenvalue weighted by Gasteiger charge is 2.29. The van der Waals surface area contributed by atoms with Crippen LogP contribution in [0.5, 0.6) is 0 Å². The van der Waals surface area contributed by atoms with Gasteiger partial charge in [0.2, 0.25) is 0 Å². The fourth-order valence-electron chi connectivity index (χ4n) is 3.58. The summed E-state index contributed by atoms with van der Waals surface area (Å²) in [5, 5.41) is 11.7. The number of carbonyl (C=O) groups is 2. The Labute approximate surface area is 197 Å². The third kappa shape index (κ3) is 5.17. The summed E-state index contributed by atoms with van der Waals surface area (Å²) in [7, 11) is -4.18. The van der Waals surface area contributed by atoms with Crippen LogP contribution in [0.15, 0.2) is 59.9 Å². The molecule has 10 heteroatoms. The van der Waals surface area contributed by atoms with Gasteiger partial charge in [-0.3, -0.25) is 9.78 Å². The molecule has 1 unspecified atom stereocenters. The zero-order valence-corrected chi connectivity index (χ0v) is 20.1. The third-order valence-electron chi connectivity index (χ3n) is 5.47. The van der Waals surface area contributed by atoms with E-state index in [1.807, 2.05) is 20.8 Å². The SMILES string of the molecule is CC(=O)c1cccc(-c2cc(CC(NC(=O)O)C(C)(C)C)cn2S(=O)(=O)c2cccnc2)c1F. The number of Topliss-reactive ketones (excluding diaryl/α,β-unsaturated/α-hetero) is 1. The minimum absolute atomic E-state index is 0.0161. The predicted molar refractivity (Wildman–Crippen MR) is 125 cm³/mol. The number of hydrogen-bond acceptors (Lipinski definition) is 5. The molecule has 0 radical (unpaired) electrons. The molecular weight excluding hydrogens is 461 g/mol. The van der Waals surface area contributed by atoms with Gasteiger partial charge in [0.05, 0.1) is 11.3 Å². The zero-order chi connectivity index (χ0) is 25.3. The topological polar surface area (TPSA) is 118 Å². The van der Waals surface area contributed by atoms with Gasteiger partial charge in [0.15, 0.2) is 5.78 Å². The number of hydrogen-bond donors (Lipinski definition) is 2. The second-order valence-corrected chi connectivity index (χ2v) is 10.8. The highest BCUT2D eigenvalue weighted by atomic mass is 32.2. The number of benzene rings is 1.